The lowest BCUT2D eigenvalue weighted by molar-refractivity contribution is 0.415. The lowest BCUT2D eigenvalue weighted by Crippen LogP contribution is -1.81. The van der Waals surface area contributed by atoms with Crippen molar-refractivity contribution >= 4 is 23.6 Å². The third-order valence-electron chi connectivity index (χ3n) is 1.90. The first kappa shape index (κ1) is 9.43. The standard InChI is InChI=1S/C10H9NOS2/c1-12-8-4-2-7(3-5-8)9-6-11-10(13)14-9/h2-6H,1H3,(H,11,13). The normalized spacial score (nSPS) is 10.1. The minimum absolute atomic E-state index is 0.802. The molecule has 0 fully saturated rings. The van der Waals surface area contributed by atoms with Crippen LogP contribution in [0, 0.1) is 3.95 Å². The molecule has 14 heavy (non-hydrogen) atoms. The highest BCUT2D eigenvalue weighted by Gasteiger charge is 1.99. The van der Waals surface area contributed by atoms with Crippen LogP contribution in [-0.4, -0.2) is 12.1 Å². The lowest BCUT2D eigenvalue weighted by atomic mass is 10.2. The van der Waals surface area contributed by atoms with Crippen LogP contribution in [0.2, 0.25) is 0 Å². The van der Waals surface area contributed by atoms with E-state index in [9.17, 15) is 0 Å². The number of thiazole rings is 1. The highest BCUT2D eigenvalue weighted by atomic mass is 32.1. The van der Waals surface area contributed by atoms with E-state index in [1.54, 1.807) is 18.4 Å². The zero-order chi connectivity index (χ0) is 9.97. The molecular formula is C10H9NOS2. The molecule has 2 rings (SSSR count). The molecule has 1 heterocycles. The fourth-order valence-corrected chi connectivity index (χ4v) is 2.20. The van der Waals surface area contributed by atoms with Crippen molar-refractivity contribution in [1.29, 1.82) is 0 Å². The van der Waals surface area contributed by atoms with Crippen LogP contribution in [0.5, 0.6) is 5.75 Å². The van der Waals surface area contributed by atoms with Gasteiger partial charge in [-0.25, -0.2) is 0 Å². The predicted octanol–water partition coefficient (Wildman–Crippen LogP) is 3.48. The molecular weight excluding hydrogens is 214 g/mol. The summed E-state index contributed by atoms with van der Waals surface area (Å²) >= 11 is 6.59. The second kappa shape index (κ2) is 3.94. The molecule has 0 unspecified atom stereocenters. The first-order valence-electron chi connectivity index (χ1n) is 4.12. The Balaban J connectivity index is 2.38. The van der Waals surface area contributed by atoms with Crippen LogP contribution in [0.25, 0.3) is 10.4 Å². The van der Waals surface area contributed by atoms with E-state index >= 15 is 0 Å². The maximum Gasteiger partial charge on any atom is 0.158 e. The number of aromatic nitrogens is 1. The summed E-state index contributed by atoms with van der Waals surface area (Å²) in [5.41, 5.74) is 1.16. The van der Waals surface area contributed by atoms with E-state index in [-0.39, 0.29) is 0 Å². The van der Waals surface area contributed by atoms with Gasteiger partial charge in [0.15, 0.2) is 3.95 Å². The summed E-state index contributed by atoms with van der Waals surface area (Å²) in [6, 6.07) is 7.93. The molecule has 0 atom stereocenters. The number of benzene rings is 1. The summed E-state index contributed by atoms with van der Waals surface area (Å²) < 4.78 is 5.89. The molecule has 0 bridgehead atoms. The average Bonchev–Trinajstić information content (AvgIpc) is 2.65. The smallest absolute Gasteiger partial charge is 0.158 e. The van der Waals surface area contributed by atoms with Crippen LogP contribution in [-0.2, 0) is 0 Å². The van der Waals surface area contributed by atoms with Gasteiger partial charge in [-0.1, -0.05) is 0 Å². The molecule has 0 saturated heterocycles. The Bertz CT molecular complexity index is 469. The van der Waals surface area contributed by atoms with Crippen LogP contribution in [0.15, 0.2) is 30.5 Å². The number of H-pyrrole nitrogens is 1. The first-order valence-corrected chi connectivity index (χ1v) is 5.35. The molecule has 0 amide bonds. The topological polar surface area (TPSA) is 25.0 Å². The van der Waals surface area contributed by atoms with Gasteiger partial charge in [-0.15, -0.1) is 11.3 Å². The fourth-order valence-electron chi connectivity index (χ4n) is 1.18. The number of hydrogen-bond acceptors (Lipinski definition) is 3. The van der Waals surface area contributed by atoms with Crippen LogP contribution in [0.4, 0.5) is 0 Å². The summed E-state index contributed by atoms with van der Waals surface area (Å²) in [6.45, 7) is 0. The monoisotopic (exact) mass is 223 g/mol. The number of ether oxygens (including phenoxy) is 1. The molecule has 1 aromatic heterocycles. The molecule has 4 heteroatoms. The number of methoxy groups -OCH3 is 1. The third-order valence-corrected chi connectivity index (χ3v) is 3.14. The van der Waals surface area contributed by atoms with E-state index in [0.717, 1.165) is 20.1 Å². The van der Waals surface area contributed by atoms with Crippen LogP contribution in [0.1, 0.15) is 0 Å². The van der Waals surface area contributed by atoms with Crippen molar-refractivity contribution < 1.29 is 4.74 Å². The highest BCUT2D eigenvalue weighted by molar-refractivity contribution is 7.73. The van der Waals surface area contributed by atoms with Gasteiger partial charge in [-0.3, -0.25) is 0 Å². The Labute approximate surface area is 91.2 Å². The van der Waals surface area contributed by atoms with E-state index < -0.39 is 0 Å². The molecule has 0 spiro atoms. The summed E-state index contributed by atoms with van der Waals surface area (Å²) in [6.07, 6.45) is 1.93. The third kappa shape index (κ3) is 1.86. The Hall–Kier alpha value is -1.13. The summed E-state index contributed by atoms with van der Waals surface area (Å²) in [7, 11) is 1.66. The fraction of sp³-hybridized carbons (Fsp3) is 0.100. The van der Waals surface area contributed by atoms with Crippen molar-refractivity contribution in [2.24, 2.45) is 0 Å². The van der Waals surface area contributed by atoms with Gasteiger partial charge >= 0.3 is 0 Å². The zero-order valence-electron chi connectivity index (χ0n) is 7.61. The van der Waals surface area contributed by atoms with E-state index in [4.69, 9.17) is 17.0 Å². The maximum atomic E-state index is 5.09. The molecule has 1 N–H and O–H groups in total. The van der Waals surface area contributed by atoms with Crippen molar-refractivity contribution in [3.8, 4) is 16.2 Å². The van der Waals surface area contributed by atoms with Gasteiger partial charge in [0.2, 0.25) is 0 Å². The summed E-state index contributed by atoms with van der Waals surface area (Å²) in [5.74, 6) is 0.868. The Morgan fingerprint density at radius 1 is 1.29 bits per heavy atom. The molecule has 1 aromatic carbocycles. The molecule has 0 saturated carbocycles. The van der Waals surface area contributed by atoms with Gasteiger partial charge in [-0.2, -0.15) is 0 Å². The number of aromatic amines is 1. The number of rotatable bonds is 2. The average molecular weight is 223 g/mol. The van der Waals surface area contributed by atoms with E-state index in [1.807, 2.05) is 30.5 Å². The Morgan fingerprint density at radius 2 is 2.00 bits per heavy atom. The molecule has 2 aromatic rings. The van der Waals surface area contributed by atoms with E-state index in [2.05, 4.69) is 4.98 Å². The molecule has 72 valence electrons. The first-order chi connectivity index (χ1) is 6.79. The lowest BCUT2D eigenvalue weighted by Gasteiger charge is -2.00. The van der Waals surface area contributed by atoms with Crippen molar-refractivity contribution in [2.45, 2.75) is 0 Å². The summed E-state index contributed by atoms with van der Waals surface area (Å²) in [5, 5.41) is 0. The predicted molar refractivity (Wildman–Crippen MR) is 61.5 cm³/mol. The zero-order valence-corrected chi connectivity index (χ0v) is 9.24. The van der Waals surface area contributed by atoms with Gasteiger partial charge in [-0.05, 0) is 42.0 Å². The van der Waals surface area contributed by atoms with Gasteiger partial charge in [0.05, 0.1) is 12.0 Å². The molecule has 0 aliphatic rings. The van der Waals surface area contributed by atoms with E-state index in [1.165, 1.54) is 0 Å². The second-order valence-corrected chi connectivity index (χ2v) is 4.49. The molecule has 0 aliphatic carbocycles. The molecule has 2 nitrogen and oxygen atoms in total. The van der Waals surface area contributed by atoms with Gasteiger partial charge in [0, 0.05) is 6.20 Å². The van der Waals surface area contributed by atoms with Gasteiger partial charge < -0.3 is 9.72 Å². The van der Waals surface area contributed by atoms with Crippen molar-refractivity contribution in [3.05, 3.63) is 34.4 Å². The van der Waals surface area contributed by atoms with Crippen LogP contribution in [0.3, 0.4) is 0 Å². The van der Waals surface area contributed by atoms with Gasteiger partial charge in [0.25, 0.3) is 0 Å². The minimum atomic E-state index is 0.802. The Kier molecular flexibility index (Phi) is 2.65. The van der Waals surface area contributed by atoms with E-state index in [0.29, 0.717) is 0 Å². The largest absolute Gasteiger partial charge is 0.497 e. The van der Waals surface area contributed by atoms with Crippen molar-refractivity contribution in [2.75, 3.05) is 7.11 Å². The molecule has 0 radical (unpaired) electrons. The number of nitrogens with one attached hydrogen (secondary N) is 1. The number of hydrogen-bond donors (Lipinski definition) is 1. The minimum Gasteiger partial charge on any atom is -0.497 e. The second-order valence-electron chi connectivity index (χ2n) is 2.77. The van der Waals surface area contributed by atoms with Gasteiger partial charge in [0.1, 0.15) is 5.75 Å². The van der Waals surface area contributed by atoms with Crippen molar-refractivity contribution in [3.63, 3.8) is 0 Å². The Morgan fingerprint density at radius 3 is 2.50 bits per heavy atom. The molecule has 0 aliphatic heterocycles. The van der Waals surface area contributed by atoms with Crippen LogP contribution >= 0.6 is 23.6 Å². The summed E-state index contributed by atoms with van der Waals surface area (Å²) in [4.78, 5) is 4.15. The maximum absolute atomic E-state index is 5.09. The SMILES string of the molecule is COc1ccc(-c2c[nH]c(=S)s2)cc1. The van der Waals surface area contributed by atoms with Crippen molar-refractivity contribution in [1.82, 2.24) is 4.98 Å². The van der Waals surface area contributed by atoms with Crippen LogP contribution < -0.4 is 4.74 Å². The highest BCUT2D eigenvalue weighted by Crippen LogP contribution is 2.25. The quantitative estimate of drug-likeness (QED) is 0.788.